The zero-order chi connectivity index (χ0) is 13.5. The lowest BCUT2D eigenvalue weighted by molar-refractivity contribution is -0.151. The summed E-state index contributed by atoms with van der Waals surface area (Å²) in [4.78, 5) is 6.64. The Morgan fingerprint density at radius 1 is 1.47 bits per heavy atom. The largest absolute Gasteiger partial charge is 0.394 e. The normalized spacial score (nSPS) is 27.6. The topological polar surface area (TPSA) is 50.5 Å². The number of nitrogens with zero attached hydrogens (tertiary/aromatic N) is 3. The highest BCUT2D eigenvalue weighted by molar-refractivity contribution is 5.04. The van der Waals surface area contributed by atoms with Crippen LogP contribution in [0.2, 0.25) is 0 Å². The fraction of sp³-hybridized carbons (Fsp3) is 0.786. The van der Waals surface area contributed by atoms with Gasteiger partial charge in [0.1, 0.15) is 0 Å². The number of imidazole rings is 1. The first kappa shape index (κ1) is 13.1. The van der Waals surface area contributed by atoms with Crippen molar-refractivity contribution < 1.29 is 9.84 Å². The standard InChI is InChI=1S/C14H23N3O2/c1-14(2)9-16(7-13(8-18)19-14)6-12-5-15-10-17(12)11-3-4-11/h5,10-11,13,18H,3-4,6-9H2,1-2H3. The van der Waals surface area contributed by atoms with E-state index in [4.69, 9.17) is 4.74 Å². The zero-order valence-corrected chi connectivity index (χ0v) is 11.7. The van der Waals surface area contributed by atoms with E-state index in [9.17, 15) is 5.11 Å². The van der Waals surface area contributed by atoms with E-state index >= 15 is 0 Å². The molecule has 0 spiro atoms. The van der Waals surface area contributed by atoms with E-state index in [2.05, 4.69) is 28.3 Å². The molecule has 1 aromatic heterocycles. The molecular formula is C14H23N3O2. The van der Waals surface area contributed by atoms with Crippen LogP contribution in [0.4, 0.5) is 0 Å². The van der Waals surface area contributed by atoms with E-state index in [0.29, 0.717) is 6.04 Å². The van der Waals surface area contributed by atoms with Gasteiger partial charge in [-0.2, -0.15) is 0 Å². The van der Waals surface area contributed by atoms with Crippen LogP contribution in [0.5, 0.6) is 0 Å². The van der Waals surface area contributed by atoms with Crippen molar-refractivity contribution in [3.05, 3.63) is 18.2 Å². The molecule has 3 rings (SSSR count). The minimum absolute atomic E-state index is 0.0824. The lowest BCUT2D eigenvalue weighted by Gasteiger charge is -2.42. The first-order valence-corrected chi connectivity index (χ1v) is 7.09. The molecule has 1 unspecified atom stereocenters. The minimum Gasteiger partial charge on any atom is -0.394 e. The zero-order valence-electron chi connectivity index (χ0n) is 11.7. The van der Waals surface area contributed by atoms with E-state index in [-0.39, 0.29) is 18.3 Å². The molecule has 0 aromatic carbocycles. The number of aliphatic hydroxyl groups excluding tert-OH is 1. The molecule has 106 valence electrons. The average Bonchev–Trinajstić information content (AvgIpc) is 3.08. The van der Waals surface area contributed by atoms with Gasteiger partial charge in [-0.05, 0) is 26.7 Å². The maximum Gasteiger partial charge on any atom is 0.0951 e. The predicted molar refractivity (Wildman–Crippen MR) is 71.8 cm³/mol. The van der Waals surface area contributed by atoms with Crippen molar-refractivity contribution in [1.82, 2.24) is 14.5 Å². The molecule has 19 heavy (non-hydrogen) atoms. The lowest BCUT2D eigenvalue weighted by Crippen LogP contribution is -2.53. The average molecular weight is 265 g/mol. The van der Waals surface area contributed by atoms with Gasteiger partial charge in [0.05, 0.1) is 30.3 Å². The number of hydrogen-bond acceptors (Lipinski definition) is 4. The Morgan fingerprint density at radius 2 is 2.26 bits per heavy atom. The van der Waals surface area contributed by atoms with Crippen molar-refractivity contribution in [1.29, 1.82) is 0 Å². The van der Waals surface area contributed by atoms with E-state index in [0.717, 1.165) is 19.6 Å². The van der Waals surface area contributed by atoms with Crippen LogP contribution < -0.4 is 0 Å². The van der Waals surface area contributed by atoms with Gasteiger partial charge in [0.25, 0.3) is 0 Å². The van der Waals surface area contributed by atoms with Gasteiger partial charge in [0, 0.05) is 31.9 Å². The molecule has 0 amide bonds. The highest BCUT2D eigenvalue weighted by Crippen LogP contribution is 2.36. The summed E-state index contributed by atoms with van der Waals surface area (Å²) in [5, 5.41) is 9.35. The van der Waals surface area contributed by atoms with Gasteiger partial charge in [-0.1, -0.05) is 0 Å². The molecule has 1 aliphatic carbocycles. The SMILES string of the molecule is CC1(C)CN(Cc2cncn2C2CC2)CC(CO)O1. The number of morpholine rings is 1. The van der Waals surface area contributed by atoms with E-state index in [1.54, 1.807) is 0 Å². The summed E-state index contributed by atoms with van der Waals surface area (Å²) >= 11 is 0. The molecule has 2 aliphatic rings. The summed E-state index contributed by atoms with van der Waals surface area (Å²) in [7, 11) is 0. The van der Waals surface area contributed by atoms with Crippen molar-refractivity contribution in [3.63, 3.8) is 0 Å². The van der Waals surface area contributed by atoms with Crippen LogP contribution in [-0.2, 0) is 11.3 Å². The van der Waals surface area contributed by atoms with E-state index in [1.807, 2.05) is 12.5 Å². The van der Waals surface area contributed by atoms with Gasteiger partial charge >= 0.3 is 0 Å². The summed E-state index contributed by atoms with van der Waals surface area (Å²) in [6.45, 7) is 6.82. The highest BCUT2D eigenvalue weighted by atomic mass is 16.5. The summed E-state index contributed by atoms with van der Waals surface area (Å²) < 4.78 is 8.15. The second-order valence-electron chi connectivity index (χ2n) is 6.38. The molecule has 2 fully saturated rings. The third-order valence-corrected chi connectivity index (χ3v) is 3.83. The maximum absolute atomic E-state index is 9.35. The summed E-state index contributed by atoms with van der Waals surface area (Å²) in [6.07, 6.45) is 6.38. The van der Waals surface area contributed by atoms with Gasteiger partial charge in [-0.3, -0.25) is 4.90 Å². The highest BCUT2D eigenvalue weighted by Gasteiger charge is 2.34. The number of aliphatic hydroxyl groups is 1. The van der Waals surface area contributed by atoms with Crippen molar-refractivity contribution in [2.75, 3.05) is 19.7 Å². The lowest BCUT2D eigenvalue weighted by atomic mass is 10.1. The monoisotopic (exact) mass is 265 g/mol. The molecule has 5 heteroatoms. The molecule has 1 atom stereocenters. The van der Waals surface area contributed by atoms with E-state index < -0.39 is 0 Å². The summed E-state index contributed by atoms with van der Waals surface area (Å²) in [5.41, 5.74) is 1.08. The van der Waals surface area contributed by atoms with Crippen molar-refractivity contribution in [2.45, 2.75) is 51.0 Å². The molecule has 5 nitrogen and oxygen atoms in total. The smallest absolute Gasteiger partial charge is 0.0951 e. The maximum atomic E-state index is 9.35. The summed E-state index contributed by atoms with van der Waals surface area (Å²) in [5.74, 6) is 0. The molecule has 1 aliphatic heterocycles. The first-order valence-electron chi connectivity index (χ1n) is 7.09. The molecule has 1 saturated heterocycles. The van der Waals surface area contributed by atoms with Gasteiger partial charge in [-0.15, -0.1) is 0 Å². The van der Waals surface area contributed by atoms with Crippen LogP contribution in [-0.4, -0.2) is 51.0 Å². The number of hydrogen-bond donors (Lipinski definition) is 1. The molecule has 1 aromatic rings. The van der Waals surface area contributed by atoms with Gasteiger partial charge in [0.15, 0.2) is 0 Å². The number of aromatic nitrogens is 2. The Morgan fingerprint density at radius 3 is 2.95 bits per heavy atom. The van der Waals surface area contributed by atoms with Crippen LogP contribution in [0.3, 0.4) is 0 Å². The van der Waals surface area contributed by atoms with Crippen LogP contribution in [0, 0.1) is 0 Å². The Hall–Kier alpha value is -0.910. The fourth-order valence-electron chi connectivity index (χ4n) is 3.00. The molecule has 2 heterocycles. The van der Waals surface area contributed by atoms with Gasteiger partial charge in [-0.25, -0.2) is 4.98 Å². The van der Waals surface area contributed by atoms with E-state index in [1.165, 1.54) is 18.5 Å². The third kappa shape index (κ3) is 2.99. The van der Waals surface area contributed by atoms with Crippen molar-refractivity contribution >= 4 is 0 Å². The first-order chi connectivity index (χ1) is 9.07. The van der Waals surface area contributed by atoms with Crippen LogP contribution >= 0.6 is 0 Å². The molecule has 0 radical (unpaired) electrons. The van der Waals surface area contributed by atoms with Crippen molar-refractivity contribution in [2.24, 2.45) is 0 Å². The minimum atomic E-state index is -0.198. The fourth-order valence-corrected chi connectivity index (χ4v) is 3.00. The third-order valence-electron chi connectivity index (χ3n) is 3.83. The Bertz CT molecular complexity index is 440. The molecular weight excluding hydrogens is 242 g/mol. The summed E-state index contributed by atoms with van der Waals surface area (Å²) in [6, 6.07) is 0.667. The van der Waals surface area contributed by atoms with Gasteiger partial charge < -0.3 is 14.4 Å². The predicted octanol–water partition coefficient (Wildman–Crippen LogP) is 1.19. The second-order valence-corrected chi connectivity index (χ2v) is 6.38. The Labute approximate surface area is 114 Å². The van der Waals surface area contributed by atoms with Crippen LogP contribution in [0.25, 0.3) is 0 Å². The number of rotatable bonds is 4. The van der Waals surface area contributed by atoms with Gasteiger partial charge in [0.2, 0.25) is 0 Å². The molecule has 1 N–H and O–H groups in total. The van der Waals surface area contributed by atoms with Crippen LogP contribution in [0.1, 0.15) is 38.4 Å². The molecule has 1 saturated carbocycles. The Kier molecular flexibility index (Phi) is 3.37. The quantitative estimate of drug-likeness (QED) is 0.888. The second kappa shape index (κ2) is 4.89. The van der Waals surface area contributed by atoms with Crippen LogP contribution in [0.15, 0.2) is 12.5 Å². The Balaban J connectivity index is 1.69. The van der Waals surface area contributed by atoms with Crippen molar-refractivity contribution in [3.8, 4) is 0 Å². The number of ether oxygens (including phenoxy) is 1. The molecule has 0 bridgehead atoms.